The third-order valence-corrected chi connectivity index (χ3v) is 5.38. The zero-order valence-corrected chi connectivity index (χ0v) is 18.2. The van der Waals surface area contributed by atoms with Crippen molar-refractivity contribution >= 4 is 17.5 Å². The number of hydrogen-bond donors (Lipinski definition) is 1. The SMILES string of the molecule is COc1cccc(CN2Cc3cc(NC(=O)Cc4ccccc4)ccc3OC(C)C2=O)c1. The Kier molecular flexibility index (Phi) is 6.40. The van der Waals surface area contributed by atoms with Gasteiger partial charge in [0.1, 0.15) is 11.5 Å². The summed E-state index contributed by atoms with van der Waals surface area (Å²) >= 11 is 0. The van der Waals surface area contributed by atoms with Crippen LogP contribution in [0.2, 0.25) is 0 Å². The molecule has 0 aliphatic carbocycles. The van der Waals surface area contributed by atoms with Gasteiger partial charge >= 0.3 is 0 Å². The van der Waals surface area contributed by atoms with Crippen LogP contribution in [0.3, 0.4) is 0 Å². The molecule has 3 aromatic carbocycles. The first-order valence-electron chi connectivity index (χ1n) is 10.6. The van der Waals surface area contributed by atoms with Crippen LogP contribution < -0.4 is 14.8 Å². The molecule has 1 N–H and O–H groups in total. The molecule has 1 unspecified atom stereocenters. The predicted octanol–water partition coefficient (Wildman–Crippen LogP) is 4.19. The molecular formula is C26H26N2O4. The molecule has 3 aromatic rings. The van der Waals surface area contributed by atoms with Crippen LogP contribution in [0.5, 0.6) is 11.5 Å². The fourth-order valence-corrected chi connectivity index (χ4v) is 3.79. The van der Waals surface area contributed by atoms with Gasteiger partial charge < -0.3 is 19.7 Å². The van der Waals surface area contributed by atoms with Crippen molar-refractivity contribution in [1.82, 2.24) is 4.90 Å². The van der Waals surface area contributed by atoms with Gasteiger partial charge in [-0.2, -0.15) is 0 Å². The second kappa shape index (κ2) is 9.56. The Bertz CT molecular complexity index is 1110. The Morgan fingerprint density at radius 3 is 2.62 bits per heavy atom. The number of ether oxygens (including phenoxy) is 2. The number of fused-ring (bicyclic) bond motifs is 1. The van der Waals surface area contributed by atoms with Gasteiger partial charge in [-0.3, -0.25) is 9.59 Å². The molecule has 2 amide bonds. The van der Waals surface area contributed by atoms with Crippen molar-refractivity contribution in [3.05, 3.63) is 89.5 Å². The van der Waals surface area contributed by atoms with Gasteiger partial charge in [0.25, 0.3) is 5.91 Å². The lowest BCUT2D eigenvalue weighted by Crippen LogP contribution is -2.37. The molecule has 1 atom stereocenters. The molecule has 0 radical (unpaired) electrons. The van der Waals surface area contributed by atoms with Crippen molar-refractivity contribution in [2.75, 3.05) is 12.4 Å². The van der Waals surface area contributed by atoms with Crippen LogP contribution >= 0.6 is 0 Å². The van der Waals surface area contributed by atoms with E-state index in [0.29, 0.717) is 30.9 Å². The molecule has 0 bridgehead atoms. The van der Waals surface area contributed by atoms with Crippen LogP contribution in [0.1, 0.15) is 23.6 Å². The summed E-state index contributed by atoms with van der Waals surface area (Å²) in [6.07, 6.45) is -0.299. The van der Waals surface area contributed by atoms with Gasteiger partial charge in [-0.25, -0.2) is 0 Å². The van der Waals surface area contributed by atoms with E-state index < -0.39 is 6.10 Å². The van der Waals surface area contributed by atoms with E-state index in [1.54, 1.807) is 25.0 Å². The lowest BCUT2D eigenvalue weighted by Gasteiger charge is -2.22. The molecule has 0 fully saturated rings. The second-order valence-electron chi connectivity index (χ2n) is 7.84. The minimum absolute atomic E-state index is 0.0846. The molecule has 6 heteroatoms. The molecule has 0 aromatic heterocycles. The third kappa shape index (κ3) is 5.09. The lowest BCUT2D eigenvalue weighted by atomic mass is 10.1. The zero-order valence-electron chi connectivity index (χ0n) is 18.2. The summed E-state index contributed by atoms with van der Waals surface area (Å²) in [5.74, 6) is 1.22. The summed E-state index contributed by atoms with van der Waals surface area (Å²) < 4.78 is 11.2. The van der Waals surface area contributed by atoms with Crippen LogP contribution in [0, 0.1) is 0 Å². The highest BCUT2D eigenvalue weighted by atomic mass is 16.5. The van der Waals surface area contributed by atoms with Gasteiger partial charge in [0.05, 0.1) is 13.5 Å². The van der Waals surface area contributed by atoms with E-state index >= 15 is 0 Å². The van der Waals surface area contributed by atoms with E-state index in [-0.39, 0.29) is 11.8 Å². The van der Waals surface area contributed by atoms with Crippen molar-refractivity contribution in [1.29, 1.82) is 0 Å². The van der Waals surface area contributed by atoms with E-state index in [1.807, 2.05) is 66.7 Å². The average molecular weight is 431 g/mol. The number of nitrogens with one attached hydrogen (secondary N) is 1. The van der Waals surface area contributed by atoms with Crippen LogP contribution in [-0.2, 0) is 29.1 Å². The van der Waals surface area contributed by atoms with Gasteiger partial charge in [-0.15, -0.1) is 0 Å². The van der Waals surface area contributed by atoms with Crippen LogP contribution in [0.4, 0.5) is 5.69 Å². The molecule has 1 aliphatic rings. The topological polar surface area (TPSA) is 67.9 Å². The van der Waals surface area contributed by atoms with E-state index in [2.05, 4.69) is 5.32 Å². The van der Waals surface area contributed by atoms with Crippen molar-refractivity contribution in [3.63, 3.8) is 0 Å². The predicted molar refractivity (Wildman–Crippen MR) is 123 cm³/mol. The number of carbonyl (C=O) groups is 2. The first kappa shape index (κ1) is 21.4. The fraction of sp³-hybridized carbons (Fsp3) is 0.231. The summed E-state index contributed by atoms with van der Waals surface area (Å²) in [6, 6.07) is 22.8. The highest BCUT2D eigenvalue weighted by Crippen LogP contribution is 2.29. The number of rotatable bonds is 6. The average Bonchev–Trinajstić information content (AvgIpc) is 2.91. The summed E-state index contributed by atoms with van der Waals surface area (Å²) in [6.45, 7) is 2.58. The quantitative estimate of drug-likeness (QED) is 0.637. The lowest BCUT2D eigenvalue weighted by molar-refractivity contribution is -0.138. The first-order chi connectivity index (χ1) is 15.5. The summed E-state index contributed by atoms with van der Waals surface area (Å²) in [5.41, 5.74) is 3.45. The third-order valence-electron chi connectivity index (χ3n) is 5.38. The Morgan fingerprint density at radius 1 is 1.06 bits per heavy atom. The van der Waals surface area contributed by atoms with Crippen molar-refractivity contribution in [2.24, 2.45) is 0 Å². The zero-order chi connectivity index (χ0) is 22.5. The van der Waals surface area contributed by atoms with Crippen LogP contribution in [0.25, 0.3) is 0 Å². The normalized spacial score (nSPS) is 15.4. The van der Waals surface area contributed by atoms with Gasteiger partial charge in [0, 0.05) is 24.3 Å². The monoisotopic (exact) mass is 430 g/mol. The summed E-state index contributed by atoms with van der Waals surface area (Å²) in [7, 11) is 1.62. The molecule has 0 saturated heterocycles. The van der Waals surface area contributed by atoms with E-state index in [0.717, 1.165) is 22.4 Å². The van der Waals surface area contributed by atoms with Gasteiger partial charge in [0.15, 0.2) is 6.10 Å². The van der Waals surface area contributed by atoms with Gasteiger partial charge in [0.2, 0.25) is 5.91 Å². The van der Waals surface area contributed by atoms with Crippen molar-refractivity contribution in [3.8, 4) is 11.5 Å². The van der Waals surface area contributed by atoms with Crippen LogP contribution in [-0.4, -0.2) is 29.9 Å². The highest BCUT2D eigenvalue weighted by Gasteiger charge is 2.28. The molecule has 4 rings (SSSR count). The fourth-order valence-electron chi connectivity index (χ4n) is 3.79. The number of nitrogens with zero attached hydrogens (tertiary/aromatic N) is 1. The van der Waals surface area contributed by atoms with E-state index in [9.17, 15) is 9.59 Å². The Balaban J connectivity index is 1.51. The second-order valence-corrected chi connectivity index (χ2v) is 7.84. The Hall–Kier alpha value is -3.80. The minimum atomic E-state index is -0.597. The van der Waals surface area contributed by atoms with Gasteiger partial charge in [-0.05, 0) is 48.4 Å². The molecule has 1 heterocycles. The molecular weight excluding hydrogens is 404 g/mol. The molecule has 6 nitrogen and oxygen atoms in total. The van der Waals surface area contributed by atoms with E-state index in [4.69, 9.17) is 9.47 Å². The number of anilines is 1. The maximum Gasteiger partial charge on any atom is 0.263 e. The molecule has 32 heavy (non-hydrogen) atoms. The molecule has 1 aliphatic heterocycles. The van der Waals surface area contributed by atoms with Gasteiger partial charge in [-0.1, -0.05) is 42.5 Å². The van der Waals surface area contributed by atoms with Crippen LogP contribution in [0.15, 0.2) is 72.8 Å². The van der Waals surface area contributed by atoms with Crippen molar-refractivity contribution < 1.29 is 19.1 Å². The standard InChI is InChI=1S/C26H26N2O4/c1-18-26(30)28(16-20-9-6-10-23(13-20)31-2)17-21-15-22(11-12-24(21)32-18)27-25(29)14-19-7-4-3-5-8-19/h3-13,15,18H,14,16-17H2,1-2H3,(H,27,29). The number of carbonyl (C=O) groups excluding carboxylic acids is 2. The smallest absolute Gasteiger partial charge is 0.263 e. The highest BCUT2D eigenvalue weighted by molar-refractivity contribution is 5.92. The molecule has 164 valence electrons. The molecule has 0 saturated carbocycles. The number of amides is 2. The number of hydrogen-bond acceptors (Lipinski definition) is 4. The first-order valence-corrected chi connectivity index (χ1v) is 10.6. The Labute approximate surface area is 187 Å². The number of benzene rings is 3. The molecule has 0 spiro atoms. The maximum absolute atomic E-state index is 12.9. The minimum Gasteiger partial charge on any atom is -0.497 e. The summed E-state index contributed by atoms with van der Waals surface area (Å²) in [5, 5.41) is 2.95. The summed E-state index contributed by atoms with van der Waals surface area (Å²) in [4.78, 5) is 27.2. The maximum atomic E-state index is 12.9. The Morgan fingerprint density at radius 2 is 1.84 bits per heavy atom. The van der Waals surface area contributed by atoms with Crippen molar-refractivity contribution in [2.45, 2.75) is 32.5 Å². The largest absolute Gasteiger partial charge is 0.497 e. The van der Waals surface area contributed by atoms with E-state index in [1.165, 1.54) is 0 Å². The number of methoxy groups -OCH3 is 1.